The molecule has 0 amide bonds. The van der Waals surface area contributed by atoms with E-state index in [-0.39, 0.29) is 0 Å². The van der Waals surface area contributed by atoms with Crippen LogP contribution in [0, 0.1) is 0 Å². The summed E-state index contributed by atoms with van der Waals surface area (Å²) in [6.45, 7) is 0. The number of nitrogens with zero attached hydrogens (tertiary/aromatic N) is 2. The fourth-order valence-electron chi connectivity index (χ4n) is 2.11. The summed E-state index contributed by atoms with van der Waals surface area (Å²) in [4.78, 5) is 0. The van der Waals surface area contributed by atoms with Gasteiger partial charge >= 0.3 is 0 Å². The van der Waals surface area contributed by atoms with Gasteiger partial charge in [0.15, 0.2) is 5.75 Å². The van der Waals surface area contributed by atoms with Gasteiger partial charge in [0.05, 0.1) is 26.6 Å². The minimum atomic E-state index is 0.638. The molecule has 0 aliphatic rings. The Morgan fingerprint density at radius 2 is 1.68 bits per heavy atom. The zero-order valence-corrected chi connectivity index (χ0v) is 12.4. The smallest absolute Gasteiger partial charge is 0.165 e. The van der Waals surface area contributed by atoms with E-state index in [4.69, 9.17) is 14.2 Å². The predicted molar refractivity (Wildman–Crippen MR) is 83.2 cm³/mol. The lowest BCUT2D eigenvalue weighted by molar-refractivity contribution is 0.409. The summed E-state index contributed by atoms with van der Waals surface area (Å²) in [7, 11) is 3.26. The second-order valence-electron chi connectivity index (χ2n) is 4.57. The monoisotopic (exact) mass is 296 g/mol. The molecule has 112 valence electrons. The zero-order valence-electron chi connectivity index (χ0n) is 12.4. The summed E-state index contributed by atoms with van der Waals surface area (Å²) in [5.74, 6) is 2.83. The Morgan fingerprint density at radius 3 is 2.50 bits per heavy atom. The van der Waals surface area contributed by atoms with Gasteiger partial charge in [-0.05, 0) is 24.3 Å². The molecule has 0 aliphatic heterocycles. The van der Waals surface area contributed by atoms with Crippen LogP contribution in [0.15, 0.2) is 60.9 Å². The van der Waals surface area contributed by atoms with Gasteiger partial charge in [-0.2, -0.15) is 5.10 Å². The maximum atomic E-state index is 5.79. The van der Waals surface area contributed by atoms with E-state index in [0.717, 1.165) is 17.2 Å². The largest absolute Gasteiger partial charge is 0.497 e. The van der Waals surface area contributed by atoms with Crippen LogP contribution in [0.1, 0.15) is 0 Å². The molecule has 0 N–H and O–H groups in total. The lowest BCUT2D eigenvalue weighted by Crippen LogP contribution is -1.97. The van der Waals surface area contributed by atoms with E-state index in [1.54, 1.807) is 31.3 Å². The summed E-state index contributed by atoms with van der Waals surface area (Å²) in [5, 5.41) is 4.31. The first-order chi connectivity index (χ1) is 10.8. The number of benzene rings is 2. The highest BCUT2D eigenvalue weighted by Crippen LogP contribution is 2.27. The van der Waals surface area contributed by atoms with Crippen molar-refractivity contribution in [2.75, 3.05) is 14.2 Å². The van der Waals surface area contributed by atoms with E-state index >= 15 is 0 Å². The molecular formula is C17H16N2O3. The quantitative estimate of drug-likeness (QED) is 0.720. The highest BCUT2D eigenvalue weighted by Gasteiger charge is 2.08. The van der Waals surface area contributed by atoms with Crippen LogP contribution in [0.25, 0.3) is 5.69 Å². The molecule has 0 fully saturated rings. The third-order valence-electron chi connectivity index (χ3n) is 3.17. The number of hydrogen-bond acceptors (Lipinski definition) is 4. The summed E-state index contributed by atoms with van der Waals surface area (Å²) < 4.78 is 18.0. The van der Waals surface area contributed by atoms with Crippen molar-refractivity contribution in [2.24, 2.45) is 0 Å². The molecule has 5 heteroatoms. The summed E-state index contributed by atoms with van der Waals surface area (Å²) in [6.07, 6.45) is 3.46. The summed E-state index contributed by atoms with van der Waals surface area (Å²) >= 11 is 0. The molecule has 1 aromatic heterocycles. The number of methoxy groups -OCH3 is 2. The van der Waals surface area contributed by atoms with Gasteiger partial charge in [0, 0.05) is 6.07 Å². The molecule has 3 aromatic rings. The maximum Gasteiger partial charge on any atom is 0.165 e. The first-order valence-corrected chi connectivity index (χ1v) is 6.80. The van der Waals surface area contributed by atoms with Crippen LogP contribution in [-0.2, 0) is 0 Å². The van der Waals surface area contributed by atoms with E-state index in [0.29, 0.717) is 11.5 Å². The number of ether oxygens (including phenoxy) is 3. The van der Waals surface area contributed by atoms with Crippen molar-refractivity contribution >= 4 is 0 Å². The lowest BCUT2D eigenvalue weighted by atomic mass is 10.3. The van der Waals surface area contributed by atoms with Crippen molar-refractivity contribution in [1.29, 1.82) is 0 Å². The predicted octanol–water partition coefficient (Wildman–Crippen LogP) is 3.68. The molecule has 0 saturated heterocycles. The highest BCUT2D eigenvalue weighted by atomic mass is 16.5. The molecule has 0 aliphatic carbocycles. The van der Waals surface area contributed by atoms with Gasteiger partial charge in [-0.3, -0.25) is 0 Å². The van der Waals surface area contributed by atoms with Gasteiger partial charge in [-0.15, -0.1) is 0 Å². The molecule has 22 heavy (non-hydrogen) atoms. The normalized spacial score (nSPS) is 10.3. The SMILES string of the molecule is COc1cccc(Oc2cnn(-c3ccccc3OC)c2)c1. The second kappa shape index (κ2) is 6.22. The Bertz CT molecular complexity index is 768. The first-order valence-electron chi connectivity index (χ1n) is 6.80. The Kier molecular flexibility index (Phi) is 3.96. The summed E-state index contributed by atoms with van der Waals surface area (Å²) in [5.41, 5.74) is 0.852. The molecule has 0 spiro atoms. The molecule has 0 atom stereocenters. The molecule has 0 unspecified atom stereocenters. The topological polar surface area (TPSA) is 45.5 Å². The van der Waals surface area contributed by atoms with E-state index in [9.17, 15) is 0 Å². The minimum Gasteiger partial charge on any atom is -0.497 e. The Labute approximate surface area is 128 Å². The van der Waals surface area contributed by atoms with Crippen LogP contribution in [0.3, 0.4) is 0 Å². The zero-order chi connectivity index (χ0) is 15.4. The van der Waals surface area contributed by atoms with Gasteiger partial charge in [0.25, 0.3) is 0 Å². The molecule has 0 radical (unpaired) electrons. The fourth-order valence-corrected chi connectivity index (χ4v) is 2.11. The van der Waals surface area contributed by atoms with Crippen molar-refractivity contribution in [1.82, 2.24) is 9.78 Å². The standard InChI is InChI=1S/C17H16N2O3/c1-20-13-6-5-7-14(10-13)22-15-11-18-19(12-15)16-8-3-4-9-17(16)21-2/h3-12H,1-2H3. The van der Waals surface area contributed by atoms with Crippen LogP contribution in [0.2, 0.25) is 0 Å². The lowest BCUT2D eigenvalue weighted by Gasteiger charge is -2.07. The maximum absolute atomic E-state index is 5.79. The Morgan fingerprint density at radius 1 is 0.864 bits per heavy atom. The van der Waals surface area contributed by atoms with Crippen molar-refractivity contribution in [3.63, 3.8) is 0 Å². The molecule has 5 nitrogen and oxygen atoms in total. The third-order valence-corrected chi connectivity index (χ3v) is 3.17. The van der Waals surface area contributed by atoms with E-state index in [1.807, 2.05) is 48.5 Å². The van der Waals surface area contributed by atoms with Crippen LogP contribution in [-0.4, -0.2) is 24.0 Å². The average molecular weight is 296 g/mol. The molecule has 1 heterocycles. The van der Waals surface area contributed by atoms with Gasteiger partial charge in [-0.25, -0.2) is 4.68 Å². The van der Waals surface area contributed by atoms with Crippen molar-refractivity contribution in [2.45, 2.75) is 0 Å². The Hall–Kier alpha value is -2.95. The van der Waals surface area contributed by atoms with E-state index in [1.165, 1.54) is 0 Å². The molecule has 0 saturated carbocycles. The van der Waals surface area contributed by atoms with Crippen molar-refractivity contribution < 1.29 is 14.2 Å². The van der Waals surface area contributed by atoms with Crippen LogP contribution in [0.4, 0.5) is 0 Å². The van der Waals surface area contributed by atoms with Gasteiger partial charge in [0.1, 0.15) is 22.9 Å². The number of para-hydroxylation sites is 2. The van der Waals surface area contributed by atoms with E-state index < -0.39 is 0 Å². The highest BCUT2D eigenvalue weighted by molar-refractivity contribution is 5.46. The van der Waals surface area contributed by atoms with Crippen molar-refractivity contribution in [3.8, 4) is 28.7 Å². The summed E-state index contributed by atoms with van der Waals surface area (Å²) in [6, 6.07) is 15.1. The molecular weight excluding hydrogens is 280 g/mol. The first kappa shape index (κ1) is 14.0. The second-order valence-corrected chi connectivity index (χ2v) is 4.57. The molecule has 3 rings (SSSR count). The average Bonchev–Trinajstić information content (AvgIpc) is 3.03. The number of rotatable bonds is 5. The van der Waals surface area contributed by atoms with Crippen LogP contribution in [0.5, 0.6) is 23.0 Å². The fraction of sp³-hybridized carbons (Fsp3) is 0.118. The van der Waals surface area contributed by atoms with Gasteiger partial charge in [0.2, 0.25) is 0 Å². The minimum absolute atomic E-state index is 0.638. The Balaban J connectivity index is 1.84. The molecule has 0 bridgehead atoms. The number of aromatic nitrogens is 2. The van der Waals surface area contributed by atoms with Crippen LogP contribution < -0.4 is 14.2 Å². The van der Waals surface area contributed by atoms with Crippen molar-refractivity contribution in [3.05, 3.63) is 60.9 Å². The van der Waals surface area contributed by atoms with Crippen LogP contribution >= 0.6 is 0 Å². The van der Waals surface area contributed by atoms with E-state index in [2.05, 4.69) is 5.10 Å². The van der Waals surface area contributed by atoms with Gasteiger partial charge in [-0.1, -0.05) is 18.2 Å². The molecule has 2 aromatic carbocycles. The van der Waals surface area contributed by atoms with Gasteiger partial charge < -0.3 is 14.2 Å². The third kappa shape index (κ3) is 2.88. The number of hydrogen-bond donors (Lipinski definition) is 0.